The molecule has 0 fully saturated rings. The quantitative estimate of drug-likeness (QED) is 0.495. The van der Waals surface area contributed by atoms with Gasteiger partial charge in [-0.1, -0.05) is 107 Å². The Balaban J connectivity index is 2.30. The number of hydrogen-bond acceptors (Lipinski definition) is 0. The van der Waals surface area contributed by atoms with Crippen molar-refractivity contribution in [1.82, 2.24) is 0 Å². The number of benzene rings is 3. The van der Waals surface area contributed by atoms with Crippen molar-refractivity contribution >= 4 is 9.24 Å². The molecule has 0 amide bonds. The molecule has 0 spiro atoms. The molecule has 3 rings (SSSR count). The molecule has 0 aromatic heterocycles. The lowest BCUT2D eigenvalue weighted by Crippen LogP contribution is -2.42. The average molecular weight is 336 g/mol. The van der Waals surface area contributed by atoms with E-state index in [9.17, 15) is 0 Å². The zero-order valence-electron chi connectivity index (χ0n) is 13.8. The minimum atomic E-state index is -1.62. The largest absolute Gasteiger partial charge is 0.233 e. The van der Waals surface area contributed by atoms with Gasteiger partial charge in [-0.2, -0.15) is 0 Å². The maximum atomic E-state index is 16.5. The molecule has 3 aromatic carbocycles. The van der Waals surface area contributed by atoms with Crippen LogP contribution in [0.3, 0.4) is 0 Å². The summed E-state index contributed by atoms with van der Waals surface area (Å²) in [7, 11) is 2.50. The molecule has 0 saturated carbocycles. The summed E-state index contributed by atoms with van der Waals surface area (Å²) in [4.78, 5) is 0. The van der Waals surface area contributed by atoms with Gasteiger partial charge in [0, 0.05) is 0 Å². The number of halogens is 1. The van der Waals surface area contributed by atoms with Crippen LogP contribution in [0.2, 0.25) is 0 Å². The highest BCUT2D eigenvalue weighted by molar-refractivity contribution is 7.18. The van der Waals surface area contributed by atoms with Crippen molar-refractivity contribution in [3.63, 3.8) is 0 Å². The Labute approximate surface area is 146 Å². The van der Waals surface area contributed by atoms with Crippen LogP contribution >= 0.6 is 9.24 Å². The minimum Gasteiger partial charge on any atom is -0.233 e. The lowest BCUT2D eigenvalue weighted by molar-refractivity contribution is 0.172. The van der Waals surface area contributed by atoms with Gasteiger partial charge in [-0.15, -0.1) is 0 Å². The van der Waals surface area contributed by atoms with E-state index >= 15 is 4.39 Å². The summed E-state index contributed by atoms with van der Waals surface area (Å²) in [5.41, 5.74) is 1.87. The summed E-state index contributed by atoms with van der Waals surface area (Å²) in [6.45, 7) is 2.06. The molecule has 0 aliphatic rings. The Hall–Kier alpha value is -1.98. The predicted octanol–water partition coefficient (Wildman–Crippen LogP) is 6.08. The molecule has 24 heavy (non-hydrogen) atoms. The smallest absolute Gasteiger partial charge is 0.162 e. The van der Waals surface area contributed by atoms with Crippen LogP contribution in [0.15, 0.2) is 91.0 Å². The van der Waals surface area contributed by atoms with Crippen LogP contribution in [0, 0.1) is 0 Å². The van der Waals surface area contributed by atoms with Crippen molar-refractivity contribution in [3.05, 3.63) is 108 Å². The minimum absolute atomic E-state index is 0.649. The Kier molecular flexibility index (Phi) is 4.83. The summed E-state index contributed by atoms with van der Waals surface area (Å²) < 4.78 is 16.5. The summed E-state index contributed by atoms with van der Waals surface area (Å²) in [6.07, 6.45) is 0.649. The molecule has 0 saturated heterocycles. The molecule has 0 aliphatic carbocycles. The van der Waals surface area contributed by atoms with Crippen molar-refractivity contribution in [2.24, 2.45) is 0 Å². The van der Waals surface area contributed by atoms with Gasteiger partial charge in [0.25, 0.3) is 0 Å². The molecule has 0 N–H and O–H groups in total. The molecule has 0 aliphatic heterocycles. The summed E-state index contributed by atoms with van der Waals surface area (Å²) in [6, 6.07) is 29.4. The molecular weight excluding hydrogens is 314 g/mol. The molecule has 2 unspecified atom stereocenters. The van der Waals surface area contributed by atoms with Gasteiger partial charge < -0.3 is 0 Å². The van der Waals surface area contributed by atoms with E-state index in [1.807, 2.05) is 91.0 Å². The number of hydrogen-bond donors (Lipinski definition) is 0. The fourth-order valence-corrected chi connectivity index (χ4v) is 4.35. The van der Waals surface area contributed by atoms with Gasteiger partial charge in [0.1, 0.15) is 0 Å². The second-order valence-electron chi connectivity index (χ2n) is 6.07. The average Bonchev–Trinajstić information content (AvgIpc) is 2.65. The SMILES string of the molecule is CCC(c1ccccc1)(c1ccccc1)C(F)(P)c1ccccc1. The molecular formula is C22H22FP. The molecule has 0 radical (unpaired) electrons. The van der Waals surface area contributed by atoms with Gasteiger partial charge in [-0.05, 0) is 23.1 Å². The van der Waals surface area contributed by atoms with Crippen molar-refractivity contribution in [3.8, 4) is 0 Å². The zero-order valence-corrected chi connectivity index (χ0v) is 15.0. The van der Waals surface area contributed by atoms with Crippen LogP contribution in [-0.4, -0.2) is 0 Å². The second-order valence-corrected chi connectivity index (χ2v) is 6.86. The third-order valence-corrected chi connectivity index (χ3v) is 5.70. The van der Waals surface area contributed by atoms with Crippen LogP contribution in [0.5, 0.6) is 0 Å². The van der Waals surface area contributed by atoms with Crippen LogP contribution < -0.4 is 0 Å². The van der Waals surface area contributed by atoms with E-state index in [-0.39, 0.29) is 0 Å². The van der Waals surface area contributed by atoms with E-state index < -0.39 is 10.8 Å². The van der Waals surface area contributed by atoms with E-state index in [1.165, 1.54) is 0 Å². The zero-order chi connectivity index (χ0) is 17.0. The molecule has 2 atom stereocenters. The second kappa shape index (κ2) is 6.87. The molecule has 0 heterocycles. The first-order valence-corrected chi connectivity index (χ1v) is 8.85. The van der Waals surface area contributed by atoms with E-state index in [2.05, 4.69) is 16.2 Å². The number of rotatable bonds is 5. The van der Waals surface area contributed by atoms with E-state index in [1.54, 1.807) is 0 Å². The van der Waals surface area contributed by atoms with Gasteiger partial charge in [-0.3, -0.25) is 0 Å². The molecule has 122 valence electrons. The Morgan fingerprint density at radius 1 is 0.667 bits per heavy atom. The third-order valence-electron chi connectivity index (χ3n) is 4.88. The van der Waals surface area contributed by atoms with Crippen molar-refractivity contribution in [2.45, 2.75) is 24.2 Å². The first kappa shape index (κ1) is 16.9. The summed E-state index contributed by atoms with van der Waals surface area (Å²) in [5, 5.41) is -1.62. The third kappa shape index (κ3) is 2.68. The van der Waals surface area contributed by atoms with Gasteiger partial charge in [0.2, 0.25) is 0 Å². The summed E-state index contributed by atoms with van der Waals surface area (Å²) in [5.74, 6) is 0. The van der Waals surface area contributed by atoms with Crippen molar-refractivity contribution < 1.29 is 4.39 Å². The monoisotopic (exact) mass is 336 g/mol. The molecule has 0 bridgehead atoms. The van der Waals surface area contributed by atoms with Crippen LogP contribution in [0.1, 0.15) is 30.0 Å². The molecule has 2 heteroatoms. The van der Waals surface area contributed by atoms with Crippen molar-refractivity contribution in [2.75, 3.05) is 0 Å². The fraction of sp³-hybridized carbons (Fsp3) is 0.182. The highest BCUT2D eigenvalue weighted by Crippen LogP contribution is 2.56. The van der Waals surface area contributed by atoms with Crippen molar-refractivity contribution in [1.29, 1.82) is 0 Å². The highest BCUT2D eigenvalue weighted by Gasteiger charge is 2.51. The Morgan fingerprint density at radius 2 is 1.00 bits per heavy atom. The lowest BCUT2D eigenvalue weighted by Gasteiger charge is -2.44. The van der Waals surface area contributed by atoms with Crippen LogP contribution in [0.4, 0.5) is 4.39 Å². The summed E-state index contributed by atoms with van der Waals surface area (Å²) >= 11 is 0. The van der Waals surface area contributed by atoms with Crippen LogP contribution in [0.25, 0.3) is 0 Å². The molecule has 0 nitrogen and oxygen atoms in total. The predicted molar refractivity (Wildman–Crippen MR) is 103 cm³/mol. The Morgan fingerprint density at radius 3 is 1.33 bits per heavy atom. The van der Waals surface area contributed by atoms with E-state index in [4.69, 9.17) is 0 Å². The highest BCUT2D eigenvalue weighted by atomic mass is 31.0. The normalized spacial score (nSPS) is 14.1. The fourth-order valence-electron chi connectivity index (χ4n) is 3.62. The maximum Gasteiger partial charge on any atom is 0.162 e. The maximum absolute atomic E-state index is 16.5. The standard InChI is InChI=1S/C22H22FP/c1-2-21(18-12-6-3-7-13-18,19-14-8-4-9-15-19)22(23,24)20-16-10-5-11-17-20/h3-17H,2,24H2,1H3. The first-order valence-electron chi connectivity index (χ1n) is 8.27. The van der Waals surface area contributed by atoms with Gasteiger partial charge in [-0.25, -0.2) is 4.39 Å². The number of alkyl halides is 1. The van der Waals surface area contributed by atoms with Gasteiger partial charge in [0.05, 0.1) is 5.41 Å². The van der Waals surface area contributed by atoms with E-state index in [0.717, 1.165) is 11.1 Å². The first-order chi connectivity index (χ1) is 11.6. The van der Waals surface area contributed by atoms with Gasteiger partial charge in [0.15, 0.2) is 5.41 Å². The van der Waals surface area contributed by atoms with Gasteiger partial charge >= 0.3 is 0 Å². The molecule has 3 aromatic rings. The van der Waals surface area contributed by atoms with Crippen LogP contribution in [-0.2, 0) is 10.8 Å². The lowest BCUT2D eigenvalue weighted by atomic mass is 9.67. The van der Waals surface area contributed by atoms with E-state index in [0.29, 0.717) is 12.0 Å². The Bertz CT molecular complexity index is 727. The topological polar surface area (TPSA) is 0 Å².